The number of hydrogen-bond donors (Lipinski definition) is 1. The third kappa shape index (κ3) is 3.16. The summed E-state index contributed by atoms with van der Waals surface area (Å²) < 4.78 is 26.2. The van der Waals surface area contributed by atoms with Gasteiger partial charge in [0.05, 0.1) is 4.90 Å². The van der Waals surface area contributed by atoms with Gasteiger partial charge in [0.15, 0.2) is 0 Å². The molecule has 0 saturated carbocycles. The zero-order valence-corrected chi connectivity index (χ0v) is 11.6. The molecule has 0 unspecified atom stereocenters. The van der Waals surface area contributed by atoms with Crippen LogP contribution in [0.2, 0.25) is 0 Å². The van der Waals surface area contributed by atoms with Crippen molar-refractivity contribution in [2.45, 2.75) is 24.8 Å². The highest BCUT2D eigenvalue weighted by Crippen LogP contribution is 2.24. The fourth-order valence-electron chi connectivity index (χ4n) is 1.55. The van der Waals surface area contributed by atoms with Gasteiger partial charge in [-0.3, -0.25) is 0 Å². The van der Waals surface area contributed by atoms with Crippen LogP contribution in [0, 0.1) is 0 Å². The van der Waals surface area contributed by atoms with Crippen molar-refractivity contribution in [1.29, 1.82) is 0 Å². The van der Waals surface area contributed by atoms with Crippen LogP contribution in [0.5, 0.6) is 0 Å². The van der Waals surface area contributed by atoms with Crippen LogP contribution < -0.4 is 5.73 Å². The van der Waals surface area contributed by atoms with E-state index in [1.807, 2.05) is 6.92 Å². The Hall–Kier alpha value is -0.690. The van der Waals surface area contributed by atoms with Gasteiger partial charge in [-0.25, -0.2) is 8.42 Å². The van der Waals surface area contributed by atoms with E-state index in [1.54, 1.807) is 17.5 Å². The van der Waals surface area contributed by atoms with E-state index in [0.29, 0.717) is 22.9 Å². The molecule has 0 bridgehead atoms. The topological polar surface area (TPSA) is 63.4 Å². The average Bonchev–Trinajstić information content (AvgIpc) is 2.77. The van der Waals surface area contributed by atoms with Gasteiger partial charge in [0, 0.05) is 24.5 Å². The van der Waals surface area contributed by atoms with E-state index < -0.39 is 10.0 Å². The SMILES string of the molecule is C=CCN(CCC)S(=O)(=O)c1ccsc1CN. The molecule has 0 fully saturated rings. The Labute approximate surface area is 107 Å². The summed E-state index contributed by atoms with van der Waals surface area (Å²) in [6.45, 7) is 6.61. The van der Waals surface area contributed by atoms with Crippen molar-refractivity contribution in [1.82, 2.24) is 4.31 Å². The lowest BCUT2D eigenvalue weighted by Crippen LogP contribution is -2.32. The molecule has 1 heterocycles. The number of nitrogens with two attached hydrogens (primary N) is 1. The number of hydrogen-bond acceptors (Lipinski definition) is 4. The smallest absolute Gasteiger partial charge is 0.244 e. The highest BCUT2D eigenvalue weighted by molar-refractivity contribution is 7.89. The fraction of sp³-hybridized carbons (Fsp3) is 0.455. The Bertz CT molecular complexity index is 466. The molecule has 1 rings (SSSR count). The monoisotopic (exact) mass is 274 g/mol. The summed E-state index contributed by atoms with van der Waals surface area (Å²) in [5.41, 5.74) is 5.55. The minimum absolute atomic E-state index is 0.250. The van der Waals surface area contributed by atoms with Crippen LogP contribution in [0.4, 0.5) is 0 Å². The molecule has 0 aromatic carbocycles. The molecular weight excluding hydrogens is 256 g/mol. The summed E-state index contributed by atoms with van der Waals surface area (Å²) >= 11 is 1.37. The van der Waals surface area contributed by atoms with Gasteiger partial charge in [-0.1, -0.05) is 13.0 Å². The van der Waals surface area contributed by atoms with Crippen molar-refractivity contribution >= 4 is 21.4 Å². The van der Waals surface area contributed by atoms with Crippen molar-refractivity contribution < 1.29 is 8.42 Å². The molecule has 96 valence electrons. The molecular formula is C11H18N2O2S2. The highest BCUT2D eigenvalue weighted by Gasteiger charge is 2.25. The summed E-state index contributed by atoms with van der Waals surface area (Å²) in [6, 6.07) is 1.62. The van der Waals surface area contributed by atoms with E-state index in [1.165, 1.54) is 15.6 Å². The van der Waals surface area contributed by atoms with Crippen molar-refractivity contribution in [2.75, 3.05) is 13.1 Å². The normalized spacial score (nSPS) is 11.9. The molecule has 0 aliphatic heterocycles. The second kappa shape index (κ2) is 6.30. The molecule has 6 heteroatoms. The lowest BCUT2D eigenvalue weighted by Gasteiger charge is -2.20. The lowest BCUT2D eigenvalue weighted by atomic mass is 10.5. The molecule has 1 aromatic rings. The van der Waals surface area contributed by atoms with E-state index in [0.717, 1.165) is 6.42 Å². The Morgan fingerprint density at radius 3 is 2.82 bits per heavy atom. The Kier molecular flexibility index (Phi) is 5.32. The van der Waals surface area contributed by atoms with Gasteiger partial charge in [0.25, 0.3) is 0 Å². The van der Waals surface area contributed by atoms with Crippen molar-refractivity contribution in [3.8, 4) is 0 Å². The first kappa shape index (κ1) is 14.4. The lowest BCUT2D eigenvalue weighted by molar-refractivity contribution is 0.441. The Morgan fingerprint density at radius 2 is 2.29 bits per heavy atom. The minimum atomic E-state index is -3.43. The van der Waals surface area contributed by atoms with E-state index in [9.17, 15) is 8.42 Å². The van der Waals surface area contributed by atoms with Crippen LogP contribution in [0.3, 0.4) is 0 Å². The summed E-state index contributed by atoms with van der Waals surface area (Å²) in [7, 11) is -3.43. The Morgan fingerprint density at radius 1 is 1.59 bits per heavy atom. The number of thiophene rings is 1. The van der Waals surface area contributed by atoms with Gasteiger partial charge in [-0.15, -0.1) is 17.9 Å². The van der Waals surface area contributed by atoms with Gasteiger partial charge in [-0.05, 0) is 17.9 Å². The molecule has 0 aliphatic carbocycles. The second-order valence-corrected chi connectivity index (χ2v) is 6.47. The quantitative estimate of drug-likeness (QED) is 0.771. The molecule has 0 spiro atoms. The summed E-state index contributed by atoms with van der Waals surface area (Å²) in [6.07, 6.45) is 2.37. The molecule has 0 radical (unpaired) electrons. The highest BCUT2D eigenvalue weighted by atomic mass is 32.2. The van der Waals surface area contributed by atoms with E-state index in [2.05, 4.69) is 6.58 Å². The first-order chi connectivity index (χ1) is 8.07. The Balaban J connectivity index is 3.11. The van der Waals surface area contributed by atoms with Crippen molar-refractivity contribution in [3.63, 3.8) is 0 Å². The van der Waals surface area contributed by atoms with E-state index in [4.69, 9.17) is 5.73 Å². The molecule has 0 atom stereocenters. The fourth-order valence-corrected chi connectivity index (χ4v) is 4.36. The van der Waals surface area contributed by atoms with Crippen molar-refractivity contribution in [2.24, 2.45) is 5.73 Å². The van der Waals surface area contributed by atoms with Crippen LogP contribution in [0.25, 0.3) is 0 Å². The predicted octanol–water partition coefficient (Wildman–Crippen LogP) is 1.79. The van der Waals surface area contributed by atoms with Crippen LogP contribution in [-0.4, -0.2) is 25.8 Å². The average molecular weight is 274 g/mol. The summed E-state index contributed by atoms with van der Waals surface area (Å²) in [5.74, 6) is 0. The molecule has 2 N–H and O–H groups in total. The second-order valence-electron chi connectivity index (χ2n) is 3.56. The minimum Gasteiger partial charge on any atom is -0.326 e. The molecule has 4 nitrogen and oxygen atoms in total. The maximum atomic E-state index is 12.4. The van der Waals surface area contributed by atoms with Gasteiger partial charge in [-0.2, -0.15) is 4.31 Å². The number of sulfonamides is 1. The predicted molar refractivity (Wildman–Crippen MR) is 71.5 cm³/mol. The summed E-state index contributed by atoms with van der Waals surface area (Å²) in [4.78, 5) is 1.04. The van der Waals surface area contributed by atoms with Crippen LogP contribution in [0.1, 0.15) is 18.2 Å². The van der Waals surface area contributed by atoms with Gasteiger partial charge < -0.3 is 5.73 Å². The first-order valence-corrected chi connectivity index (χ1v) is 7.77. The first-order valence-electron chi connectivity index (χ1n) is 5.45. The van der Waals surface area contributed by atoms with Gasteiger partial charge in [0.2, 0.25) is 10.0 Å². The molecule has 17 heavy (non-hydrogen) atoms. The standard InChI is InChI=1S/C11H18N2O2S2/c1-3-6-13(7-4-2)17(14,15)11-5-8-16-10(11)9-12/h3,5,8H,1,4,6-7,9,12H2,2H3. The zero-order valence-electron chi connectivity index (χ0n) is 9.93. The van der Waals surface area contributed by atoms with Crippen molar-refractivity contribution in [3.05, 3.63) is 29.0 Å². The summed E-state index contributed by atoms with van der Waals surface area (Å²) in [5, 5.41) is 1.76. The number of rotatable bonds is 7. The molecule has 1 aromatic heterocycles. The van der Waals surface area contributed by atoms with Gasteiger partial charge in [0.1, 0.15) is 0 Å². The van der Waals surface area contributed by atoms with Gasteiger partial charge >= 0.3 is 0 Å². The maximum Gasteiger partial charge on any atom is 0.244 e. The maximum absolute atomic E-state index is 12.4. The molecule has 0 amide bonds. The van der Waals surface area contributed by atoms with Crippen LogP contribution in [-0.2, 0) is 16.6 Å². The van der Waals surface area contributed by atoms with Crippen LogP contribution in [0.15, 0.2) is 29.0 Å². The van der Waals surface area contributed by atoms with E-state index >= 15 is 0 Å². The molecule has 0 aliphatic rings. The van der Waals surface area contributed by atoms with Crippen LogP contribution >= 0.6 is 11.3 Å². The van der Waals surface area contributed by atoms with E-state index in [-0.39, 0.29) is 6.54 Å². The largest absolute Gasteiger partial charge is 0.326 e. The third-order valence-electron chi connectivity index (χ3n) is 2.31. The zero-order chi connectivity index (χ0) is 12.9. The molecule has 0 saturated heterocycles. The third-order valence-corrected chi connectivity index (χ3v) is 5.34. The number of nitrogens with zero attached hydrogens (tertiary/aromatic N) is 1.